The second-order valence-electron chi connectivity index (χ2n) is 5.61. The molecule has 100 valence electrons. The topological polar surface area (TPSA) is 46.5 Å². The van der Waals surface area contributed by atoms with Crippen LogP contribution in [-0.4, -0.2) is 23.3 Å². The molecule has 0 saturated carbocycles. The molecule has 4 atom stereocenters. The quantitative estimate of drug-likeness (QED) is 0.531. The molecule has 0 spiro atoms. The highest BCUT2D eigenvalue weighted by atomic mass is 16.6. The Labute approximate surface area is 109 Å². The van der Waals surface area contributed by atoms with Crippen molar-refractivity contribution >= 4 is 5.97 Å². The smallest absolute Gasteiger partial charge is 0.309 e. The van der Waals surface area contributed by atoms with Gasteiger partial charge >= 0.3 is 5.97 Å². The Bertz CT molecular complexity index is 395. The highest BCUT2D eigenvalue weighted by Gasteiger charge is 2.41. The van der Waals surface area contributed by atoms with Gasteiger partial charge in [0.05, 0.1) is 12.0 Å². The second-order valence-corrected chi connectivity index (χ2v) is 5.61. The van der Waals surface area contributed by atoms with Gasteiger partial charge < -0.3 is 9.84 Å². The first-order valence-corrected chi connectivity index (χ1v) is 6.71. The van der Waals surface area contributed by atoms with Crippen molar-refractivity contribution in [1.29, 1.82) is 0 Å². The lowest BCUT2D eigenvalue weighted by Gasteiger charge is -2.22. The number of ether oxygens (including phenoxy) is 1. The van der Waals surface area contributed by atoms with Crippen molar-refractivity contribution in [3.63, 3.8) is 0 Å². The molecule has 0 bridgehead atoms. The normalized spacial score (nSPS) is 43.2. The number of hydrogen-bond acceptors (Lipinski definition) is 3. The maximum atomic E-state index is 11.7. The molecule has 1 N–H and O–H groups in total. The van der Waals surface area contributed by atoms with Crippen LogP contribution in [0.3, 0.4) is 0 Å². The zero-order valence-electron chi connectivity index (χ0n) is 11.3. The summed E-state index contributed by atoms with van der Waals surface area (Å²) in [6.07, 6.45) is 6.04. The maximum Gasteiger partial charge on any atom is 0.309 e. The van der Waals surface area contributed by atoms with Crippen LogP contribution >= 0.6 is 0 Å². The van der Waals surface area contributed by atoms with E-state index < -0.39 is 6.10 Å². The molecule has 1 saturated heterocycles. The van der Waals surface area contributed by atoms with Gasteiger partial charge in [-0.05, 0) is 44.8 Å². The number of aliphatic hydroxyl groups is 1. The van der Waals surface area contributed by atoms with E-state index in [-0.39, 0.29) is 23.9 Å². The van der Waals surface area contributed by atoms with E-state index in [1.54, 1.807) is 0 Å². The van der Waals surface area contributed by atoms with Crippen LogP contribution in [0, 0.1) is 11.8 Å². The van der Waals surface area contributed by atoms with Crippen LogP contribution in [-0.2, 0) is 9.53 Å². The lowest BCUT2D eigenvalue weighted by molar-refractivity contribution is -0.142. The first kappa shape index (κ1) is 13.3. The molecule has 1 aliphatic heterocycles. The highest BCUT2D eigenvalue weighted by Crippen LogP contribution is 2.35. The van der Waals surface area contributed by atoms with E-state index >= 15 is 0 Å². The first-order valence-electron chi connectivity index (χ1n) is 6.71. The standard InChI is InChI=1S/C15H22O3/c1-9-5-4-6-10(2)13(16)8-12-11(3)15(17)18-14(12)7-9/h6-7,11-14,16H,4-5,8H2,1-3H3/b9-7+,10-6+/t11-,12-,13-,14+/m0/s1. The number of carbonyl (C=O) groups excluding carboxylic acids is 1. The highest BCUT2D eigenvalue weighted by molar-refractivity contribution is 5.75. The largest absolute Gasteiger partial charge is 0.458 e. The molecular formula is C15H22O3. The molecule has 0 radical (unpaired) electrons. The molecule has 1 heterocycles. The van der Waals surface area contributed by atoms with Crippen molar-refractivity contribution in [3.05, 3.63) is 23.3 Å². The van der Waals surface area contributed by atoms with Crippen LogP contribution in [0.4, 0.5) is 0 Å². The molecule has 2 aliphatic rings. The van der Waals surface area contributed by atoms with Gasteiger partial charge in [0.25, 0.3) is 0 Å². The Morgan fingerprint density at radius 2 is 2.11 bits per heavy atom. The van der Waals surface area contributed by atoms with Gasteiger partial charge in [-0.15, -0.1) is 0 Å². The number of rotatable bonds is 0. The number of allylic oxidation sites excluding steroid dienone is 2. The minimum atomic E-state index is -0.457. The predicted octanol–water partition coefficient (Wildman–Crippen LogP) is 2.60. The fraction of sp³-hybridized carbons (Fsp3) is 0.667. The fourth-order valence-corrected chi connectivity index (χ4v) is 2.76. The molecule has 3 heteroatoms. The van der Waals surface area contributed by atoms with Crippen molar-refractivity contribution in [3.8, 4) is 0 Å². The van der Waals surface area contributed by atoms with Gasteiger partial charge in [0, 0.05) is 5.92 Å². The van der Waals surface area contributed by atoms with Gasteiger partial charge in [-0.3, -0.25) is 4.79 Å². The Kier molecular flexibility index (Phi) is 3.91. The first-order chi connectivity index (χ1) is 8.49. The number of carbonyl (C=O) groups is 1. The molecule has 0 aromatic heterocycles. The molecule has 3 nitrogen and oxygen atoms in total. The van der Waals surface area contributed by atoms with Gasteiger partial charge in [0.1, 0.15) is 6.10 Å². The van der Waals surface area contributed by atoms with E-state index in [4.69, 9.17) is 4.74 Å². The minimum absolute atomic E-state index is 0.0869. The molecular weight excluding hydrogens is 228 g/mol. The third kappa shape index (κ3) is 2.66. The van der Waals surface area contributed by atoms with Crippen molar-refractivity contribution in [1.82, 2.24) is 0 Å². The molecule has 18 heavy (non-hydrogen) atoms. The minimum Gasteiger partial charge on any atom is -0.458 e. The van der Waals surface area contributed by atoms with Crippen LogP contribution in [0.15, 0.2) is 23.3 Å². The predicted molar refractivity (Wildman–Crippen MR) is 69.9 cm³/mol. The number of aliphatic hydroxyl groups excluding tert-OH is 1. The molecule has 1 aliphatic carbocycles. The molecule has 0 unspecified atom stereocenters. The van der Waals surface area contributed by atoms with Gasteiger partial charge in [-0.1, -0.05) is 18.6 Å². The zero-order valence-corrected chi connectivity index (χ0v) is 11.3. The summed E-state index contributed by atoms with van der Waals surface area (Å²) in [5.41, 5.74) is 2.27. The zero-order chi connectivity index (χ0) is 13.3. The van der Waals surface area contributed by atoms with E-state index in [1.165, 1.54) is 5.57 Å². The third-order valence-electron chi connectivity index (χ3n) is 4.16. The molecule has 0 amide bonds. The summed E-state index contributed by atoms with van der Waals surface area (Å²) >= 11 is 0. The Balaban J connectivity index is 2.27. The monoisotopic (exact) mass is 250 g/mol. The number of esters is 1. The number of fused-ring (bicyclic) bond motifs is 1. The summed E-state index contributed by atoms with van der Waals surface area (Å²) in [5.74, 6) is -0.174. The SMILES string of the molecule is C/C1=C\[C@H]2OC(=O)[C@@H](C)[C@@H]2C[C@H](O)/C(C)=C/CC1. The van der Waals surface area contributed by atoms with Crippen molar-refractivity contribution in [2.45, 2.75) is 52.2 Å². The van der Waals surface area contributed by atoms with Gasteiger partial charge in [0.2, 0.25) is 0 Å². The van der Waals surface area contributed by atoms with Crippen LogP contribution < -0.4 is 0 Å². The van der Waals surface area contributed by atoms with Crippen LogP contribution in [0.1, 0.15) is 40.0 Å². The molecule has 2 rings (SSSR count). The molecule has 1 fully saturated rings. The summed E-state index contributed by atoms with van der Waals surface area (Å²) < 4.78 is 5.42. The van der Waals surface area contributed by atoms with Gasteiger partial charge in [0.15, 0.2) is 0 Å². The van der Waals surface area contributed by atoms with E-state index in [0.29, 0.717) is 6.42 Å². The average molecular weight is 250 g/mol. The van der Waals surface area contributed by atoms with Crippen molar-refractivity contribution < 1.29 is 14.6 Å². The average Bonchev–Trinajstić information content (AvgIpc) is 2.56. The molecule has 0 aromatic carbocycles. The van der Waals surface area contributed by atoms with Crippen LogP contribution in [0.5, 0.6) is 0 Å². The summed E-state index contributed by atoms with van der Waals surface area (Å²) in [5, 5.41) is 10.2. The summed E-state index contributed by atoms with van der Waals surface area (Å²) in [6.45, 7) is 5.94. The fourth-order valence-electron chi connectivity index (χ4n) is 2.76. The third-order valence-corrected chi connectivity index (χ3v) is 4.16. The Morgan fingerprint density at radius 3 is 2.83 bits per heavy atom. The van der Waals surface area contributed by atoms with E-state index in [2.05, 4.69) is 19.1 Å². The van der Waals surface area contributed by atoms with Crippen LogP contribution in [0.25, 0.3) is 0 Å². The summed E-state index contributed by atoms with van der Waals surface area (Å²) in [6, 6.07) is 0. The lowest BCUT2D eigenvalue weighted by Crippen LogP contribution is -2.25. The lowest BCUT2D eigenvalue weighted by atomic mass is 9.83. The maximum absolute atomic E-state index is 11.7. The van der Waals surface area contributed by atoms with Gasteiger partial charge in [-0.25, -0.2) is 0 Å². The summed E-state index contributed by atoms with van der Waals surface area (Å²) in [7, 11) is 0. The second kappa shape index (κ2) is 5.27. The Morgan fingerprint density at radius 1 is 1.39 bits per heavy atom. The van der Waals surface area contributed by atoms with Gasteiger partial charge in [-0.2, -0.15) is 0 Å². The Hall–Kier alpha value is -1.09. The van der Waals surface area contributed by atoms with E-state index in [1.807, 2.05) is 13.8 Å². The van der Waals surface area contributed by atoms with E-state index in [9.17, 15) is 9.90 Å². The van der Waals surface area contributed by atoms with Crippen LogP contribution in [0.2, 0.25) is 0 Å². The molecule has 0 aromatic rings. The summed E-state index contributed by atoms with van der Waals surface area (Å²) in [4.78, 5) is 11.7. The number of hydrogen-bond donors (Lipinski definition) is 1. The van der Waals surface area contributed by atoms with E-state index in [0.717, 1.165) is 18.4 Å². The van der Waals surface area contributed by atoms with Crippen molar-refractivity contribution in [2.24, 2.45) is 11.8 Å². The van der Waals surface area contributed by atoms with Crippen molar-refractivity contribution in [2.75, 3.05) is 0 Å².